The molecule has 4 aromatic rings. The zero-order chi connectivity index (χ0) is 18.6. The van der Waals surface area contributed by atoms with Crippen LogP contribution >= 0.6 is 11.6 Å². The molecule has 1 amide bonds. The lowest BCUT2D eigenvalue weighted by molar-refractivity contribution is 0.0952. The fraction of sp³-hybridized carbons (Fsp3) is 0.100. The topological polar surface area (TPSA) is 72.7 Å². The highest BCUT2D eigenvalue weighted by Crippen LogP contribution is 2.26. The Hall–Kier alpha value is -3.25. The van der Waals surface area contributed by atoms with E-state index in [-0.39, 0.29) is 5.91 Å². The van der Waals surface area contributed by atoms with Gasteiger partial charge in [0.25, 0.3) is 5.91 Å². The van der Waals surface area contributed by atoms with Crippen LogP contribution in [-0.2, 0) is 6.54 Å². The zero-order valence-corrected chi connectivity index (χ0v) is 15.1. The lowest BCUT2D eigenvalue weighted by atomic mass is 10.1. The van der Waals surface area contributed by atoms with Crippen LogP contribution in [0.3, 0.4) is 0 Å². The van der Waals surface area contributed by atoms with Crippen molar-refractivity contribution in [3.05, 3.63) is 78.0 Å². The normalized spacial score (nSPS) is 10.9. The van der Waals surface area contributed by atoms with Gasteiger partial charge in [0.2, 0.25) is 0 Å². The van der Waals surface area contributed by atoms with Crippen LogP contribution in [0.1, 0.15) is 10.4 Å². The summed E-state index contributed by atoms with van der Waals surface area (Å²) in [5.74, 6) is -0.157. The summed E-state index contributed by atoms with van der Waals surface area (Å²) >= 11 is 6.30. The van der Waals surface area contributed by atoms with Gasteiger partial charge in [-0.05, 0) is 18.2 Å². The Labute approximate surface area is 160 Å². The van der Waals surface area contributed by atoms with Crippen molar-refractivity contribution in [1.29, 1.82) is 0 Å². The molecule has 0 bridgehead atoms. The number of amides is 1. The number of nitrogens with one attached hydrogen (secondary N) is 1. The van der Waals surface area contributed by atoms with Crippen molar-refractivity contribution in [3.63, 3.8) is 0 Å². The van der Waals surface area contributed by atoms with Crippen LogP contribution in [0.2, 0.25) is 5.15 Å². The predicted octanol–water partition coefficient (Wildman–Crippen LogP) is 3.58. The Balaban J connectivity index is 1.57. The van der Waals surface area contributed by atoms with Crippen molar-refractivity contribution in [2.75, 3.05) is 6.54 Å². The maximum Gasteiger partial charge on any atom is 0.251 e. The minimum absolute atomic E-state index is 0.157. The van der Waals surface area contributed by atoms with Crippen LogP contribution in [0, 0.1) is 0 Å². The van der Waals surface area contributed by atoms with Crippen LogP contribution in [0.4, 0.5) is 0 Å². The third-order valence-electron chi connectivity index (χ3n) is 4.15. The molecule has 134 valence electrons. The van der Waals surface area contributed by atoms with E-state index in [0.29, 0.717) is 40.5 Å². The van der Waals surface area contributed by atoms with Gasteiger partial charge in [-0.15, -0.1) is 0 Å². The number of imidazole rings is 1. The van der Waals surface area contributed by atoms with E-state index in [4.69, 9.17) is 11.6 Å². The van der Waals surface area contributed by atoms with Crippen molar-refractivity contribution in [2.45, 2.75) is 6.54 Å². The standard InChI is InChI=1S/C20H16ClN5O/c21-19-18(14-4-2-1-3-5-14)24-17-12-15(6-7-16(17)25-19)20(27)23-9-11-26-10-8-22-13-26/h1-8,10,12-13H,9,11H2,(H,23,27). The van der Waals surface area contributed by atoms with Gasteiger partial charge in [0, 0.05) is 36.6 Å². The minimum Gasteiger partial charge on any atom is -0.350 e. The summed E-state index contributed by atoms with van der Waals surface area (Å²) in [7, 11) is 0. The summed E-state index contributed by atoms with van der Waals surface area (Å²) in [6, 6.07) is 14.8. The van der Waals surface area contributed by atoms with E-state index in [1.54, 1.807) is 30.7 Å². The molecule has 0 aliphatic heterocycles. The van der Waals surface area contributed by atoms with E-state index in [1.807, 2.05) is 41.1 Å². The summed E-state index contributed by atoms with van der Waals surface area (Å²) in [5, 5.41) is 3.24. The first-order valence-electron chi connectivity index (χ1n) is 8.47. The Morgan fingerprint density at radius 1 is 1.07 bits per heavy atom. The second kappa shape index (κ2) is 7.55. The Bertz CT molecular complexity index is 1080. The van der Waals surface area contributed by atoms with Gasteiger partial charge in [-0.3, -0.25) is 4.79 Å². The van der Waals surface area contributed by atoms with Gasteiger partial charge in [-0.2, -0.15) is 0 Å². The number of hydrogen-bond donors (Lipinski definition) is 1. The number of hydrogen-bond acceptors (Lipinski definition) is 4. The van der Waals surface area contributed by atoms with E-state index in [2.05, 4.69) is 20.3 Å². The molecular formula is C20H16ClN5O. The van der Waals surface area contributed by atoms with Gasteiger partial charge in [0.05, 0.1) is 17.4 Å². The van der Waals surface area contributed by atoms with Crippen molar-refractivity contribution >= 4 is 28.5 Å². The van der Waals surface area contributed by atoms with E-state index in [9.17, 15) is 4.79 Å². The number of nitrogens with zero attached hydrogens (tertiary/aromatic N) is 4. The molecule has 0 unspecified atom stereocenters. The number of aromatic nitrogens is 4. The summed E-state index contributed by atoms with van der Waals surface area (Å²) in [6.07, 6.45) is 5.28. The molecule has 7 heteroatoms. The zero-order valence-electron chi connectivity index (χ0n) is 14.3. The number of carbonyl (C=O) groups excluding carboxylic acids is 1. The summed E-state index contributed by atoms with van der Waals surface area (Å²) in [6.45, 7) is 1.17. The number of benzene rings is 2. The first-order chi connectivity index (χ1) is 13.2. The fourth-order valence-corrected chi connectivity index (χ4v) is 3.02. The van der Waals surface area contributed by atoms with Gasteiger partial charge in [0.1, 0.15) is 5.69 Å². The first-order valence-corrected chi connectivity index (χ1v) is 8.85. The van der Waals surface area contributed by atoms with Gasteiger partial charge in [0.15, 0.2) is 5.15 Å². The Morgan fingerprint density at radius 3 is 2.70 bits per heavy atom. The van der Waals surface area contributed by atoms with E-state index in [1.165, 1.54) is 0 Å². The first kappa shape index (κ1) is 17.2. The molecule has 0 atom stereocenters. The molecule has 0 spiro atoms. The fourth-order valence-electron chi connectivity index (χ4n) is 2.77. The molecule has 2 heterocycles. The van der Waals surface area contributed by atoms with E-state index in [0.717, 1.165) is 5.56 Å². The Morgan fingerprint density at radius 2 is 1.93 bits per heavy atom. The third kappa shape index (κ3) is 3.80. The molecule has 0 radical (unpaired) electrons. The molecule has 0 fully saturated rings. The molecule has 0 saturated heterocycles. The largest absolute Gasteiger partial charge is 0.350 e. The third-order valence-corrected chi connectivity index (χ3v) is 4.41. The monoisotopic (exact) mass is 377 g/mol. The van der Waals surface area contributed by atoms with Crippen LogP contribution in [-0.4, -0.2) is 32.0 Å². The number of rotatable bonds is 5. The molecule has 6 nitrogen and oxygen atoms in total. The highest BCUT2D eigenvalue weighted by atomic mass is 35.5. The Kier molecular flexibility index (Phi) is 4.80. The maximum absolute atomic E-state index is 12.4. The highest BCUT2D eigenvalue weighted by Gasteiger charge is 2.12. The lowest BCUT2D eigenvalue weighted by Crippen LogP contribution is -2.26. The van der Waals surface area contributed by atoms with Crippen LogP contribution in [0.5, 0.6) is 0 Å². The summed E-state index contributed by atoms with van der Waals surface area (Å²) < 4.78 is 1.90. The quantitative estimate of drug-likeness (QED) is 0.577. The SMILES string of the molecule is O=C(NCCn1ccnc1)c1ccc2nc(Cl)c(-c3ccccc3)nc2c1. The number of carbonyl (C=O) groups is 1. The summed E-state index contributed by atoms with van der Waals surface area (Å²) in [5.41, 5.74) is 3.29. The van der Waals surface area contributed by atoms with Crippen LogP contribution < -0.4 is 5.32 Å². The molecule has 4 rings (SSSR count). The second-order valence-electron chi connectivity index (χ2n) is 5.99. The van der Waals surface area contributed by atoms with E-state index >= 15 is 0 Å². The molecule has 0 aliphatic rings. The number of halogens is 1. The molecule has 0 aliphatic carbocycles. The van der Waals surface area contributed by atoms with Crippen molar-refractivity contribution in [3.8, 4) is 11.3 Å². The van der Waals surface area contributed by atoms with Crippen molar-refractivity contribution in [1.82, 2.24) is 24.8 Å². The molecule has 0 saturated carbocycles. The second-order valence-corrected chi connectivity index (χ2v) is 6.35. The maximum atomic E-state index is 12.4. The highest BCUT2D eigenvalue weighted by molar-refractivity contribution is 6.32. The molecule has 1 N–H and O–H groups in total. The predicted molar refractivity (Wildman–Crippen MR) is 105 cm³/mol. The summed E-state index contributed by atoms with van der Waals surface area (Å²) in [4.78, 5) is 25.4. The average molecular weight is 378 g/mol. The smallest absolute Gasteiger partial charge is 0.251 e. The molecule has 27 heavy (non-hydrogen) atoms. The number of fused-ring (bicyclic) bond motifs is 1. The lowest BCUT2D eigenvalue weighted by Gasteiger charge is -2.08. The molecule has 2 aromatic heterocycles. The van der Waals surface area contributed by atoms with Gasteiger partial charge >= 0.3 is 0 Å². The van der Waals surface area contributed by atoms with Crippen LogP contribution in [0.25, 0.3) is 22.3 Å². The van der Waals surface area contributed by atoms with Gasteiger partial charge in [-0.25, -0.2) is 15.0 Å². The van der Waals surface area contributed by atoms with Crippen LogP contribution in [0.15, 0.2) is 67.3 Å². The average Bonchev–Trinajstić information content (AvgIpc) is 3.21. The van der Waals surface area contributed by atoms with Gasteiger partial charge < -0.3 is 9.88 Å². The van der Waals surface area contributed by atoms with E-state index < -0.39 is 0 Å². The minimum atomic E-state index is -0.157. The van der Waals surface area contributed by atoms with Crippen molar-refractivity contribution < 1.29 is 4.79 Å². The van der Waals surface area contributed by atoms with Gasteiger partial charge in [-0.1, -0.05) is 41.9 Å². The van der Waals surface area contributed by atoms with Crippen molar-refractivity contribution in [2.24, 2.45) is 0 Å². The molecular weight excluding hydrogens is 362 g/mol. The molecule has 2 aromatic carbocycles.